The molecule has 0 saturated heterocycles. The highest BCUT2D eigenvalue weighted by molar-refractivity contribution is 7.27. The molecule has 4 aromatic heterocycles. The molecule has 14 aromatic rings. The Morgan fingerprint density at radius 3 is 1.71 bits per heavy atom. The molecule has 0 atom stereocenters. The molecule has 2 aliphatic carbocycles. The third kappa shape index (κ3) is 5.61. The SMILES string of the molecule is CC1(C)c2ccccc2-c2cc(-c3ccc4oc5ccc(-c6ccc7c(c6)c6cc(-c8ccncc8)c(-c8ccncc8)cc6c6ccc8c9cc%10c%11c(cccc%11c9sc8c76)CC=C%10)cc5c4c3)ccc21. The summed E-state index contributed by atoms with van der Waals surface area (Å²) in [6, 6.07) is 63.9. The fraction of sp³-hybridized carbons (Fsp3) is 0.0588. The zero-order valence-corrected chi connectivity index (χ0v) is 40.4. The van der Waals surface area contributed by atoms with E-state index in [0.717, 1.165) is 56.2 Å². The van der Waals surface area contributed by atoms with Crippen LogP contribution in [0.2, 0.25) is 0 Å². The van der Waals surface area contributed by atoms with Gasteiger partial charge in [-0.3, -0.25) is 9.97 Å². The highest BCUT2D eigenvalue weighted by atomic mass is 32.1. The quantitative estimate of drug-likeness (QED) is 0.165. The van der Waals surface area contributed by atoms with Crippen LogP contribution in [0.25, 0.3) is 147 Å². The van der Waals surface area contributed by atoms with Gasteiger partial charge < -0.3 is 4.42 Å². The van der Waals surface area contributed by atoms with Crippen molar-refractivity contribution in [3.05, 3.63) is 223 Å². The Bertz CT molecular complexity index is 4730. The zero-order valence-electron chi connectivity index (χ0n) is 39.5. The fourth-order valence-corrected chi connectivity index (χ4v) is 14.1. The molecule has 16 rings (SSSR count). The molecule has 0 N–H and O–H groups in total. The van der Waals surface area contributed by atoms with E-state index in [4.69, 9.17) is 4.42 Å². The number of fused-ring (bicyclic) bond motifs is 17. The van der Waals surface area contributed by atoms with Crippen molar-refractivity contribution in [3.63, 3.8) is 0 Å². The summed E-state index contributed by atoms with van der Waals surface area (Å²) in [5.74, 6) is 0. The normalized spacial score (nSPS) is 13.7. The molecule has 4 heterocycles. The second-order valence-electron chi connectivity index (χ2n) is 20.4. The number of hydrogen-bond acceptors (Lipinski definition) is 4. The maximum absolute atomic E-state index is 6.57. The van der Waals surface area contributed by atoms with E-state index in [0.29, 0.717) is 0 Å². The summed E-state index contributed by atoms with van der Waals surface area (Å²) in [5.41, 5.74) is 19.2. The zero-order chi connectivity index (χ0) is 47.4. The summed E-state index contributed by atoms with van der Waals surface area (Å²) in [6.07, 6.45) is 13.2. The highest BCUT2D eigenvalue weighted by Crippen LogP contribution is 2.52. The third-order valence-electron chi connectivity index (χ3n) is 16.2. The van der Waals surface area contributed by atoms with Gasteiger partial charge in [0.1, 0.15) is 11.2 Å². The van der Waals surface area contributed by atoms with Crippen molar-refractivity contribution < 1.29 is 4.42 Å². The van der Waals surface area contributed by atoms with E-state index in [9.17, 15) is 0 Å². The molecule has 0 bridgehead atoms. The van der Waals surface area contributed by atoms with Gasteiger partial charge in [0.05, 0.1) is 0 Å². The predicted octanol–water partition coefficient (Wildman–Crippen LogP) is 18.9. The summed E-state index contributed by atoms with van der Waals surface area (Å²) in [7, 11) is 0. The minimum absolute atomic E-state index is 0.0309. The first-order valence-electron chi connectivity index (χ1n) is 24.9. The molecule has 0 aliphatic heterocycles. The Kier molecular flexibility index (Phi) is 8.17. The van der Waals surface area contributed by atoms with Crippen LogP contribution in [0.1, 0.15) is 36.1 Å². The largest absolute Gasteiger partial charge is 0.456 e. The molecule has 0 radical (unpaired) electrons. The molecule has 4 heteroatoms. The lowest BCUT2D eigenvalue weighted by Crippen LogP contribution is -2.14. The van der Waals surface area contributed by atoms with Crippen molar-refractivity contribution in [3.8, 4) is 55.6 Å². The number of furan rings is 1. The Balaban J connectivity index is 0.934. The number of nitrogens with zero attached hydrogens (tertiary/aromatic N) is 2. The Hall–Kier alpha value is -8.70. The molecular formula is C68H42N2OS. The van der Waals surface area contributed by atoms with Crippen LogP contribution in [0, 0.1) is 0 Å². The van der Waals surface area contributed by atoms with Crippen LogP contribution in [0.15, 0.2) is 205 Å². The topological polar surface area (TPSA) is 38.9 Å². The number of pyridine rings is 2. The Morgan fingerprint density at radius 2 is 0.986 bits per heavy atom. The molecule has 0 spiro atoms. The second kappa shape index (κ2) is 14.7. The first-order valence-corrected chi connectivity index (χ1v) is 25.7. The van der Waals surface area contributed by atoms with Crippen molar-refractivity contribution in [1.82, 2.24) is 9.97 Å². The Labute approximate surface area is 419 Å². The average molecular weight is 935 g/mol. The molecule has 0 saturated carbocycles. The molecule has 336 valence electrons. The van der Waals surface area contributed by atoms with Crippen molar-refractivity contribution in [1.29, 1.82) is 0 Å². The number of thiophene rings is 1. The lowest BCUT2D eigenvalue weighted by atomic mass is 9.82. The highest BCUT2D eigenvalue weighted by Gasteiger charge is 2.35. The fourth-order valence-electron chi connectivity index (χ4n) is 12.8. The van der Waals surface area contributed by atoms with E-state index in [-0.39, 0.29) is 5.41 Å². The Morgan fingerprint density at radius 1 is 0.403 bits per heavy atom. The first-order chi connectivity index (χ1) is 35.4. The summed E-state index contributed by atoms with van der Waals surface area (Å²) in [5, 5.41) is 15.1. The lowest BCUT2D eigenvalue weighted by Gasteiger charge is -2.21. The smallest absolute Gasteiger partial charge is 0.135 e. The van der Waals surface area contributed by atoms with Crippen LogP contribution < -0.4 is 0 Å². The van der Waals surface area contributed by atoms with Crippen molar-refractivity contribution in [2.75, 3.05) is 0 Å². The monoisotopic (exact) mass is 934 g/mol. The van der Waals surface area contributed by atoms with E-state index >= 15 is 0 Å². The summed E-state index contributed by atoms with van der Waals surface area (Å²) < 4.78 is 9.26. The van der Waals surface area contributed by atoms with Crippen molar-refractivity contribution in [2.45, 2.75) is 25.7 Å². The van der Waals surface area contributed by atoms with Crippen LogP contribution in [0.5, 0.6) is 0 Å². The van der Waals surface area contributed by atoms with E-state index in [2.05, 4.69) is 206 Å². The van der Waals surface area contributed by atoms with E-state index < -0.39 is 0 Å². The number of rotatable bonds is 4. The van der Waals surface area contributed by atoms with E-state index in [1.165, 1.54) is 113 Å². The van der Waals surface area contributed by atoms with Gasteiger partial charge in [-0.2, -0.15) is 0 Å². The van der Waals surface area contributed by atoms with Gasteiger partial charge in [-0.05, 0) is 195 Å². The minimum atomic E-state index is -0.0309. The van der Waals surface area contributed by atoms with Crippen molar-refractivity contribution >= 4 is 103 Å². The first kappa shape index (κ1) is 40.1. The van der Waals surface area contributed by atoms with Crippen LogP contribution in [0.4, 0.5) is 0 Å². The summed E-state index contributed by atoms with van der Waals surface area (Å²) in [4.78, 5) is 8.84. The third-order valence-corrected chi connectivity index (χ3v) is 17.5. The molecule has 10 aromatic carbocycles. The summed E-state index contributed by atoms with van der Waals surface area (Å²) in [6.45, 7) is 4.68. The van der Waals surface area contributed by atoms with E-state index in [1.54, 1.807) is 0 Å². The lowest BCUT2D eigenvalue weighted by molar-refractivity contribution is 0.660. The van der Waals surface area contributed by atoms with Gasteiger partial charge in [-0.15, -0.1) is 11.3 Å². The minimum Gasteiger partial charge on any atom is -0.456 e. The van der Waals surface area contributed by atoms with Gasteiger partial charge >= 0.3 is 0 Å². The predicted molar refractivity (Wildman–Crippen MR) is 304 cm³/mol. The molecule has 0 amide bonds. The maximum Gasteiger partial charge on any atom is 0.135 e. The number of allylic oxidation sites excluding steroid dienone is 1. The van der Waals surface area contributed by atoms with Crippen LogP contribution in [0.3, 0.4) is 0 Å². The van der Waals surface area contributed by atoms with E-state index in [1.807, 2.05) is 36.1 Å². The second-order valence-corrected chi connectivity index (χ2v) is 21.4. The number of hydrogen-bond donors (Lipinski definition) is 0. The molecule has 3 nitrogen and oxygen atoms in total. The van der Waals surface area contributed by atoms with Gasteiger partial charge in [-0.1, -0.05) is 117 Å². The van der Waals surface area contributed by atoms with Gasteiger partial charge in [0.2, 0.25) is 0 Å². The number of benzene rings is 10. The summed E-state index contributed by atoms with van der Waals surface area (Å²) >= 11 is 1.95. The van der Waals surface area contributed by atoms with Crippen LogP contribution >= 0.6 is 11.3 Å². The van der Waals surface area contributed by atoms with Crippen LogP contribution in [-0.4, -0.2) is 9.97 Å². The average Bonchev–Trinajstić information content (AvgIpc) is 4.08. The maximum atomic E-state index is 6.57. The molecule has 72 heavy (non-hydrogen) atoms. The van der Waals surface area contributed by atoms with Crippen molar-refractivity contribution in [2.24, 2.45) is 0 Å². The van der Waals surface area contributed by atoms with Gasteiger partial charge in [0.25, 0.3) is 0 Å². The van der Waals surface area contributed by atoms with Gasteiger partial charge in [0.15, 0.2) is 0 Å². The molecule has 0 unspecified atom stereocenters. The molecule has 2 aliphatic rings. The van der Waals surface area contributed by atoms with Gasteiger partial charge in [-0.25, -0.2) is 0 Å². The van der Waals surface area contributed by atoms with Gasteiger partial charge in [0, 0.05) is 71.9 Å². The standard InChI is InChI=1S/C68H42N2OS/c1-68(2)60-12-4-3-10-46(60)56-32-42(14-20-61(56)68)44-16-22-63-58(34-44)57-33-43(15-21-62(57)71-63)41-13-17-47-53(31-41)55-37-52(39-25-29-70-30-26-39)51(38-23-27-69-28-24-38)36-54(55)48-18-19-49-59-35-45-9-5-7-40-8-6-11-50(64(40)45)66(59)72-67(49)65(47)48/h3-6,8-37H,7H2,1-2H3. The van der Waals surface area contributed by atoms with Crippen LogP contribution in [-0.2, 0) is 11.8 Å². The number of aromatic nitrogens is 2. The molecule has 0 fully saturated rings. The molecular weight excluding hydrogens is 893 g/mol.